The van der Waals surface area contributed by atoms with E-state index in [9.17, 15) is 23.1 Å². The maximum atomic E-state index is 13.2. The molecule has 3 N–H and O–H groups in total. The lowest BCUT2D eigenvalue weighted by Crippen LogP contribution is -2.47. The minimum Gasteiger partial charge on any atom is -0.374 e. The second-order valence-corrected chi connectivity index (χ2v) is 5.69. The number of alkyl halides is 3. The highest BCUT2D eigenvalue weighted by Gasteiger charge is 2.57. The molecule has 22 heavy (non-hydrogen) atoms. The summed E-state index contributed by atoms with van der Waals surface area (Å²) < 4.78 is 40.7. The lowest BCUT2D eigenvalue weighted by atomic mass is 9.97. The van der Waals surface area contributed by atoms with E-state index in [2.05, 4.69) is 15.6 Å². The molecule has 1 aromatic heterocycles. The normalized spacial score (nSPS) is 23.7. The predicted octanol–water partition coefficient (Wildman–Crippen LogP) is 1.27. The summed E-state index contributed by atoms with van der Waals surface area (Å²) >= 11 is 0. The van der Waals surface area contributed by atoms with Crippen LogP contribution < -0.4 is 10.6 Å². The fraction of sp³-hybridized carbons (Fsp3) is 0.692. The Kier molecular flexibility index (Phi) is 4.37. The zero-order chi connectivity index (χ0) is 16.5. The minimum atomic E-state index is -4.89. The number of hydrogen-bond donors (Lipinski definition) is 3. The highest BCUT2D eigenvalue weighted by Crippen LogP contribution is 2.40. The third-order valence-corrected chi connectivity index (χ3v) is 3.86. The second kappa shape index (κ2) is 5.79. The van der Waals surface area contributed by atoms with Crippen molar-refractivity contribution in [1.82, 2.24) is 20.2 Å². The number of aromatic nitrogens is 2. The van der Waals surface area contributed by atoms with Gasteiger partial charge in [0.25, 0.3) is 0 Å². The molecule has 0 radical (unpaired) electrons. The van der Waals surface area contributed by atoms with Crippen LogP contribution in [-0.2, 0) is 12.6 Å². The molecule has 2 rings (SSSR count). The van der Waals surface area contributed by atoms with Crippen LogP contribution in [-0.4, -0.2) is 39.5 Å². The Hall–Kier alpha value is -1.77. The van der Waals surface area contributed by atoms with E-state index < -0.39 is 30.1 Å². The van der Waals surface area contributed by atoms with E-state index in [0.717, 1.165) is 11.0 Å². The van der Waals surface area contributed by atoms with Crippen molar-refractivity contribution in [2.45, 2.75) is 37.6 Å². The van der Waals surface area contributed by atoms with E-state index in [4.69, 9.17) is 0 Å². The van der Waals surface area contributed by atoms with Crippen LogP contribution in [0.4, 0.5) is 18.0 Å². The molecular weight excluding hydrogens is 301 g/mol. The van der Waals surface area contributed by atoms with Gasteiger partial charge in [0.2, 0.25) is 5.60 Å². The van der Waals surface area contributed by atoms with Gasteiger partial charge in [0, 0.05) is 38.4 Å². The summed E-state index contributed by atoms with van der Waals surface area (Å²) in [6, 6.07) is -0.449. The molecule has 3 atom stereocenters. The van der Waals surface area contributed by atoms with Crippen molar-refractivity contribution in [3.63, 3.8) is 0 Å². The molecule has 0 aromatic carbocycles. The van der Waals surface area contributed by atoms with Crippen LogP contribution in [0.25, 0.3) is 0 Å². The Morgan fingerprint density at radius 2 is 2.18 bits per heavy atom. The molecule has 2 amide bonds. The van der Waals surface area contributed by atoms with Gasteiger partial charge in [-0.25, -0.2) is 9.78 Å². The number of nitrogens with one attached hydrogen (secondary N) is 2. The molecule has 0 bridgehead atoms. The minimum absolute atomic E-state index is 0.0797. The molecule has 1 aliphatic rings. The topological polar surface area (TPSA) is 79.2 Å². The number of aryl methyl sites for hydroxylation is 1. The summed E-state index contributed by atoms with van der Waals surface area (Å²) in [5.74, 6) is -0.108. The molecule has 1 saturated carbocycles. The van der Waals surface area contributed by atoms with Crippen LogP contribution in [0.1, 0.15) is 25.6 Å². The van der Waals surface area contributed by atoms with E-state index in [-0.39, 0.29) is 12.6 Å². The van der Waals surface area contributed by atoms with Crippen LogP contribution in [0.2, 0.25) is 0 Å². The first kappa shape index (κ1) is 16.6. The number of halogens is 3. The van der Waals surface area contributed by atoms with Crippen molar-refractivity contribution in [3.05, 3.63) is 18.2 Å². The van der Waals surface area contributed by atoms with Gasteiger partial charge in [-0.05, 0) is 12.3 Å². The fourth-order valence-corrected chi connectivity index (χ4v) is 2.24. The van der Waals surface area contributed by atoms with E-state index in [1.807, 2.05) is 6.92 Å². The highest BCUT2D eigenvalue weighted by atomic mass is 19.4. The molecule has 1 aliphatic carbocycles. The van der Waals surface area contributed by atoms with Crippen LogP contribution in [0, 0.1) is 5.92 Å². The van der Waals surface area contributed by atoms with Crippen LogP contribution in [0.3, 0.4) is 0 Å². The maximum Gasteiger partial charge on any atom is 0.424 e. The number of hydrogen-bond acceptors (Lipinski definition) is 3. The average molecular weight is 320 g/mol. The number of carbonyl (C=O) groups is 1. The molecule has 1 fully saturated rings. The Morgan fingerprint density at radius 3 is 2.64 bits per heavy atom. The highest BCUT2D eigenvalue weighted by molar-refractivity contribution is 5.74. The van der Waals surface area contributed by atoms with Gasteiger partial charge in [-0.1, -0.05) is 6.92 Å². The quantitative estimate of drug-likeness (QED) is 0.764. The summed E-state index contributed by atoms with van der Waals surface area (Å²) in [6.45, 7) is 1.64. The van der Waals surface area contributed by atoms with E-state index >= 15 is 0 Å². The zero-order valence-corrected chi connectivity index (χ0v) is 12.3. The third-order valence-electron chi connectivity index (χ3n) is 3.86. The maximum absolute atomic E-state index is 13.2. The van der Waals surface area contributed by atoms with Gasteiger partial charge >= 0.3 is 12.2 Å². The largest absolute Gasteiger partial charge is 0.424 e. The molecule has 3 unspecified atom stereocenters. The van der Waals surface area contributed by atoms with Crippen molar-refractivity contribution in [2.24, 2.45) is 13.0 Å². The average Bonchev–Trinajstić information content (AvgIpc) is 2.90. The van der Waals surface area contributed by atoms with E-state index in [0.29, 0.717) is 5.92 Å². The van der Waals surface area contributed by atoms with Crippen LogP contribution in [0.15, 0.2) is 12.4 Å². The van der Waals surface area contributed by atoms with Gasteiger partial charge in [0.05, 0.1) is 0 Å². The zero-order valence-electron chi connectivity index (χ0n) is 12.3. The molecule has 0 aliphatic heterocycles. The lowest BCUT2D eigenvalue weighted by Gasteiger charge is -2.29. The molecule has 6 nitrogen and oxygen atoms in total. The Bertz CT molecular complexity index is 546. The molecule has 1 heterocycles. The van der Waals surface area contributed by atoms with Crippen LogP contribution >= 0.6 is 0 Å². The molecule has 9 heteroatoms. The third kappa shape index (κ3) is 3.34. The first-order chi connectivity index (χ1) is 10.1. The number of aliphatic hydroxyl groups is 1. The van der Waals surface area contributed by atoms with Gasteiger partial charge in [0.1, 0.15) is 5.82 Å². The summed E-state index contributed by atoms with van der Waals surface area (Å²) in [7, 11) is 1.37. The van der Waals surface area contributed by atoms with Gasteiger partial charge in [-0.2, -0.15) is 13.2 Å². The number of urea groups is 1. The monoisotopic (exact) mass is 320 g/mol. The molecule has 124 valence electrons. The summed E-state index contributed by atoms with van der Waals surface area (Å²) in [4.78, 5) is 15.1. The lowest BCUT2D eigenvalue weighted by molar-refractivity contribution is -0.272. The Balaban J connectivity index is 1.96. The number of carbonyl (C=O) groups excluding carboxylic acids is 1. The first-order valence-corrected chi connectivity index (χ1v) is 6.96. The summed E-state index contributed by atoms with van der Waals surface area (Å²) in [5, 5.41) is 15.0. The Morgan fingerprint density at radius 1 is 1.55 bits per heavy atom. The van der Waals surface area contributed by atoms with Crippen molar-refractivity contribution in [3.8, 4) is 0 Å². The van der Waals surface area contributed by atoms with Crippen molar-refractivity contribution >= 4 is 6.03 Å². The summed E-state index contributed by atoms with van der Waals surface area (Å²) in [5.41, 5.74) is -3.11. The SMILES string of the molecule is CC1CC1NC(=O)NCCC(O)(c1nccn1C)C(F)(F)F. The first-order valence-electron chi connectivity index (χ1n) is 6.96. The molecule has 1 aromatic rings. The molecule has 0 spiro atoms. The van der Waals surface area contributed by atoms with Crippen molar-refractivity contribution in [1.29, 1.82) is 0 Å². The summed E-state index contributed by atoms with van der Waals surface area (Å²) in [6.07, 6.45) is -2.24. The van der Waals surface area contributed by atoms with Crippen LogP contribution in [0.5, 0.6) is 0 Å². The van der Waals surface area contributed by atoms with Gasteiger partial charge in [0.15, 0.2) is 0 Å². The van der Waals surface area contributed by atoms with Gasteiger partial charge in [-0.15, -0.1) is 0 Å². The molecular formula is C13H19F3N4O2. The van der Waals surface area contributed by atoms with Gasteiger partial charge in [-0.3, -0.25) is 0 Å². The second-order valence-electron chi connectivity index (χ2n) is 5.69. The Labute approximate surface area is 125 Å². The number of rotatable bonds is 5. The predicted molar refractivity (Wildman–Crippen MR) is 71.9 cm³/mol. The standard InChI is InChI=1S/C13H19F3N4O2/c1-8-7-9(8)19-11(21)18-4-3-12(22,13(14,15)16)10-17-5-6-20(10)2/h5-6,8-9,22H,3-4,7H2,1-2H3,(H2,18,19,21). The van der Waals surface area contributed by atoms with E-state index in [1.54, 1.807) is 0 Å². The van der Waals surface area contributed by atoms with Crippen molar-refractivity contribution in [2.75, 3.05) is 6.54 Å². The molecule has 0 saturated heterocycles. The fourth-order valence-electron chi connectivity index (χ4n) is 2.24. The smallest absolute Gasteiger partial charge is 0.374 e. The van der Waals surface area contributed by atoms with E-state index in [1.165, 1.54) is 19.4 Å². The van der Waals surface area contributed by atoms with Crippen molar-refractivity contribution < 1.29 is 23.1 Å². The van der Waals surface area contributed by atoms with Gasteiger partial charge < -0.3 is 20.3 Å². The number of imidazole rings is 1. The number of amides is 2. The number of nitrogens with zero attached hydrogens (tertiary/aromatic N) is 2.